The van der Waals surface area contributed by atoms with Crippen LogP contribution in [0.3, 0.4) is 0 Å². The van der Waals surface area contributed by atoms with Gasteiger partial charge in [0.25, 0.3) is 0 Å². The number of sulfonamides is 1. The zero-order valence-corrected chi connectivity index (χ0v) is 13.7. The van der Waals surface area contributed by atoms with Gasteiger partial charge in [0.15, 0.2) is 0 Å². The predicted molar refractivity (Wildman–Crippen MR) is 88.3 cm³/mol. The smallest absolute Gasteiger partial charge is 0.305 e. The minimum Gasteiger partial charge on any atom is -0.469 e. The Hall–Kier alpha value is -2.18. The van der Waals surface area contributed by atoms with Gasteiger partial charge in [0.1, 0.15) is 0 Å². The van der Waals surface area contributed by atoms with Crippen molar-refractivity contribution in [1.82, 2.24) is 4.72 Å². The van der Waals surface area contributed by atoms with Crippen LogP contribution in [0.2, 0.25) is 0 Å². The van der Waals surface area contributed by atoms with E-state index in [-0.39, 0.29) is 23.8 Å². The minimum absolute atomic E-state index is 0.186. The normalized spacial score (nSPS) is 11.2. The fourth-order valence-corrected chi connectivity index (χ4v) is 3.16. The van der Waals surface area contributed by atoms with Crippen LogP contribution in [0.5, 0.6) is 0 Å². The van der Waals surface area contributed by atoms with E-state index in [9.17, 15) is 13.2 Å². The molecule has 0 heterocycles. The van der Waals surface area contributed by atoms with Crippen molar-refractivity contribution in [3.63, 3.8) is 0 Å². The van der Waals surface area contributed by atoms with E-state index in [4.69, 9.17) is 0 Å². The molecule has 0 saturated heterocycles. The lowest BCUT2D eigenvalue weighted by Gasteiger charge is -2.08. The van der Waals surface area contributed by atoms with Gasteiger partial charge in [0.05, 0.1) is 12.0 Å². The standard InChI is InChI=1S/C17H19NO4S/c1-22-17(19)8-5-13-18-23(20,21)16-11-9-15(10-12-16)14-6-3-2-4-7-14/h2-4,6-7,9-12,18H,5,8,13H2,1H3. The molecular weight excluding hydrogens is 314 g/mol. The zero-order chi connectivity index (χ0) is 16.7. The molecule has 0 aliphatic carbocycles. The fourth-order valence-electron chi connectivity index (χ4n) is 2.08. The Balaban J connectivity index is 1.99. The largest absolute Gasteiger partial charge is 0.469 e. The van der Waals surface area contributed by atoms with E-state index in [0.29, 0.717) is 6.42 Å². The van der Waals surface area contributed by atoms with Crippen molar-refractivity contribution in [1.29, 1.82) is 0 Å². The molecule has 0 aromatic heterocycles. The van der Waals surface area contributed by atoms with Crippen molar-refractivity contribution in [2.24, 2.45) is 0 Å². The van der Waals surface area contributed by atoms with E-state index in [1.54, 1.807) is 24.3 Å². The molecule has 2 aromatic carbocycles. The summed E-state index contributed by atoms with van der Waals surface area (Å²) in [5.41, 5.74) is 1.98. The van der Waals surface area contributed by atoms with E-state index >= 15 is 0 Å². The number of hydrogen-bond acceptors (Lipinski definition) is 4. The van der Waals surface area contributed by atoms with Crippen LogP contribution >= 0.6 is 0 Å². The highest BCUT2D eigenvalue weighted by Gasteiger charge is 2.13. The molecule has 0 fully saturated rings. The molecule has 2 aromatic rings. The lowest BCUT2D eigenvalue weighted by molar-refractivity contribution is -0.140. The number of esters is 1. The Kier molecular flexibility index (Phi) is 5.90. The summed E-state index contributed by atoms with van der Waals surface area (Å²) < 4.78 is 31.3. The summed E-state index contributed by atoms with van der Waals surface area (Å²) in [4.78, 5) is 11.2. The summed E-state index contributed by atoms with van der Waals surface area (Å²) in [6.07, 6.45) is 0.583. The van der Waals surface area contributed by atoms with Gasteiger partial charge in [-0.3, -0.25) is 4.79 Å². The number of carbonyl (C=O) groups excluding carboxylic acids is 1. The molecule has 23 heavy (non-hydrogen) atoms. The second-order valence-corrected chi connectivity index (χ2v) is 6.73. The SMILES string of the molecule is COC(=O)CCCNS(=O)(=O)c1ccc(-c2ccccc2)cc1. The predicted octanol–water partition coefficient (Wildman–Crippen LogP) is 2.59. The topological polar surface area (TPSA) is 72.5 Å². The first-order chi connectivity index (χ1) is 11.0. The van der Waals surface area contributed by atoms with E-state index in [1.165, 1.54) is 7.11 Å². The second-order valence-electron chi connectivity index (χ2n) is 4.97. The molecule has 5 nitrogen and oxygen atoms in total. The maximum atomic E-state index is 12.2. The number of carbonyl (C=O) groups is 1. The molecule has 122 valence electrons. The summed E-state index contributed by atoms with van der Waals surface area (Å²) in [5, 5.41) is 0. The van der Waals surface area contributed by atoms with E-state index in [0.717, 1.165) is 11.1 Å². The molecule has 0 atom stereocenters. The van der Waals surface area contributed by atoms with E-state index < -0.39 is 10.0 Å². The molecule has 2 rings (SSSR count). The monoisotopic (exact) mass is 333 g/mol. The van der Waals surface area contributed by atoms with Gasteiger partial charge in [0.2, 0.25) is 10.0 Å². The van der Waals surface area contributed by atoms with Gasteiger partial charge in [-0.2, -0.15) is 0 Å². The first kappa shape index (κ1) is 17.2. The molecule has 1 N–H and O–H groups in total. The Labute approximate surface area is 136 Å². The van der Waals surface area contributed by atoms with Gasteiger partial charge < -0.3 is 4.74 Å². The third kappa shape index (κ3) is 4.91. The molecule has 0 bridgehead atoms. The molecule has 0 radical (unpaired) electrons. The number of nitrogens with one attached hydrogen (secondary N) is 1. The van der Waals surface area contributed by atoms with Crippen molar-refractivity contribution in [2.75, 3.05) is 13.7 Å². The Morgan fingerprint density at radius 2 is 1.61 bits per heavy atom. The van der Waals surface area contributed by atoms with Gasteiger partial charge in [-0.05, 0) is 29.7 Å². The van der Waals surface area contributed by atoms with Crippen LogP contribution in [0.1, 0.15) is 12.8 Å². The van der Waals surface area contributed by atoms with Crippen LogP contribution in [0.25, 0.3) is 11.1 Å². The number of methoxy groups -OCH3 is 1. The molecule has 0 aliphatic heterocycles. The first-order valence-corrected chi connectivity index (χ1v) is 8.73. The Morgan fingerprint density at radius 1 is 1.00 bits per heavy atom. The third-order valence-electron chi connectivity index (χ3n) is 3.35. The molecule has 0 amide bonds. The van der Waals surface area contributed by atoms with Gasteiger partial charge in [0, 0.05) is 13.0 Å². The van der Waals surface area contributed by atoms with Crippen LogP contribution < -0.4 is 4.72 Å². The van der Waals surface area contributed by atoms with Crippen LogP contribution in [0, 0.1) is 0 Å². The average molecular weight is 333 g/mol. The van der Waals surface area contributed by atoms with Crippen LogP contribution in [0.4, 0.5) is 0 Å². The zero-order valence-electron chi connectivity index (χ0n) is 12.9. The van der Waals surface area contributed by atoms with Crippen molar-refractivity contribution in [3.8, 4) is 11.1 Å². The first-order valence-electron chi connectivity index (χ1n) is 7.25. The van der Waals surface area contributed by atoms with Crippen LogP contribution in [0.15, 0.2) is 59.5 Å². The Bertz CT molecular complexity index is 740. The van der Waals surface area contributed by atoms with E-state index in [2.05, 4.69) is 9.46 Å². The quantitative estimate of drug-likeness (QED) is 0.624. The highest BCUT2D eigenvalue weighted by molar-refractivity contribution is 7.89. The molecule has 0 unspecified atom stereocenters. The average Bonchev–Trinajstić information content (AvgIpc) is 2.59. The van der Waals surface area contributed by atoms with Crippen molar-refractivity contribution < 1.29 is 17.9 Å². The number of benzene rings is 2. The van der Waals surface area contributed by atoms with Crippen LogP contribution in [-0.4, -0.2) is 28.0 Å². The summed E-state index contributed by atoms with van der Waals surface area (Å²) in [7, 11) is -2.26. The molecular formula is C17H19NO4S. The maximum Gasteiger partial charge on any atom is 0.305 e. The lowest BCUT2D eigenvalue weighted by atomic mass is 10.1. The van der Waals surface area contributed by atoms with Gasteiger partial charge in [-0.15, -0.1) is 0 Å². The Morgan fingerprint density at radius 3 is 2.22 bits per heavy atom. The van der Waals surface area contributed by atoms with Gasteiger partial charge in [-0.1, -0.05) is 42.5 Å². The summed E-state index contributed by atoms with van der Waals surface area (Å²) in [6.45, 7) is 0.192. The summed E-state index contributed by atoms with van der Waals surface area (Å²) >= 11 is 0. The molecule has 0 aliphatic rings. The minimum atomic E-state index is -3.57. The molecule has 0 spiro atoms. The highest BCUT2D eigenvalue weighted by Crippen LogP contribution is 2.20. The number of rotatable bonds is 7. The summed E-state index contributed by atoms with van der Waals surface area (Å²) in [6, 6.07) is 16.4. The fraction of sp³-hybridized carbons (Fsp3) is 0.235. The van der Waals surface area contributed by atoms with Crippen LogP contribution in [-0.2, 0) is 19.6 Å². The highest BCUT2D eigenvalue weighted by atomic mass is 32.2. The maximum absolute atomic E-state index is 12.2. The van der Waals surface area contributed by atoms with Crippen molar-refractivity contribution >= 4 is 16.0 Å². The van der Waals surface area contributed by atoms with Gasteiger partial charge >= 0.3 is 5.97 Å². The van der Waals surface area contributed by atoms with Gasteiger partial charge in [-0.25, -0.2) is 13.1 Å². The lowest BCUT2D eigenvalue weighted by Crippen LogP contribution is -2.25. The number of ether oxygens (including phenoxy) is 1. The van der Waals surface area contributed by atoms with E-state index in [1.807, 2.05) is 30.3 Å². The second kappa shape index (κ2) is 7.89. The van der Waals surface area contributed by atoms with Crippen molar-refractivity contribution in [3.05, 3.63) is 54.6 Å². The summed E-state index contributed by atoms with van der Waals surface area (Å²) in [5.74, 6) is -0.351. The molecule has 0 saturated carbocycles. The molecule has 6 heteroatoms. The third-order valence-corrected chi connectivity index (χ3v) is 4.83. The number of hydrogen-bond donors (Lipinski definition) is 1. The van der Waals surface area contributed by atoms with Crippen molar-refractivity contribution in [2.45, 2.75) is 17.7 Å².